The number of unbranched alkanes of at least 4 members (excludes halogenated alkanes) is 1. The van der Waals surface area contributed by atoms with Crippen molar-refractivity contribution in [3.05, 3.63) is 35.4 Å². The number of nitrogens with zero attached hydrogens (tertiary/aromatic N) is 1. The molecule has 4 heteroatoms. The Kier molecular flexibility index (Phi) is 6.55. The minimum Gasteiger partial charge on any atom is -0.342 e. The lowest BCUT2D eigenvalue weighted by molar-refractivity contribution is -0.130. The van der Waals surface area contributed by atoms with Crippen LogP contribution in [-0.2, 0) is 11.2 Å². The summed E-state index contributed by atoms with van der Waals surface area (Å²) >= 11 is 0. The summed E-state index contributed by atoms with van der Waals surface area (Å²) in [6.45, 7) is 6.35. The zero-order chi connectivity index (χ0) is 17.6. The molecule has 1 aliphatic heterocycles. The van der Waals surface area contributed by atoms with Crippen LogP contribution < -0.4 is 5.73 Å². The van der Waals surface area contributed by atoms with Gasteiger partial charge in [0, 0.05) is 31.5 Å². The van der Waals surface area contributed by atoms with Gasteiger partial charge in [0.15, 0.2) is 5.78 Å². The average Bonchev–Trinajstić information content (AvgIpc) is 3.01. The summed E-state index contributed by atoms with van der Waals surface area (Å²) < 4.78 is 0. The first-order chi connectivity index (χ1) is 11.5. The van der Waals surface area contributed by atoms with E-state index in [1.54, 1.807) is 0 Å². The molecule has 1 aromatic rings. The molecule has 0 saturated carbocycles. The molecule has 1 aromatic carbocycles. The molecule has 2 N–H and O–H groups in total. The van der Waals surface area contributed by atoms with Gasteiger partial charge in [-0.2, -0.15) is 0 Å². The van der Waals surface area contributed by atoms with Crippen LogP contribution in [0.3, 0.4) is 0 Å². The number of hydrogen-bond donors (Lipinski definition) is 1. The van der Waals surface area contributed by atoms with E-state index in [1.165, 1.54) is 18.4 Å². The summed E-state index contributed by atoms with van der Waals surface area (Å²) in [6, 6.07) is 7.83. The monoisotopic (exact) mass is 330 g/mol. The van der Waals surface area contributed by atoms with E-state index in [-0.39, 0.29) is 29.9 Å². The first kappa shape index (κ1) is 18.7. The van der Waals surface area contributed by atoms with Crippen LogP contribution in [0.2, 0.25) is 0 Å². The van der Waals surface area contributed by atoms with Gasteiger partial charge >= 0.3 is 0 Å². The molecule has 4 nitrogen and oxygen atoms in total. The van der Waals surface area contributed by atoms with Gasteiger partial charge in [0.1, 0.15) is 0 Å². The molecule has 0 aromatic heterocycles. The average molecular weight is 330 g/mol. The molecule has 1 aliphatic rings. The molecular formula is C20H30N2O2. The second-order valence-corrected chi connectivity index (χ2v) is 7.30. The summed E-state index contributed by atoms with van der Waals surface area (Å²) in [5.41, 5.74) is 7.79. The van der Waals surface area contributed by atoms with Crippen molar-refractivity contribution in [2.75, 3.05) is 19.6 Å². The lowest BCUT2D eigenvalue weighted by Crippen LogP contribution is -2.34. The third-order valence-electron chi connectivity index (χ3n) is 5.06. The van der Waals surface area contributed by atoms with Gasteiger partial charge in [0.2, 0.25) is 5.91 Å². The Hall–Kier alpha value is -1.68. The van der Waals surface area contributed by atoms with Gasteiger partial charge in [-0.15, -0.1) is 0 Å². The Morgan fingerprint density at radius 2 is 1.92 bits per heavy atom. The fourth-order valence-corrected chi connectivity index (χ4v) is 3.16. The number of hydrogen-bond acceptors (Lipinski definition) is 3. The molecule has 0 aliphatic carbocycles. The standard InChI is InChI=1S/C20H30N2O2/c1-3-4-5-16-6-8-17(9-7-16)18(23)10-11-19(24)22-13-12-20(2,14-21)15-22/h6-9H,3-5,10-15,21H2,1-2H3. The van der Waals surface area contributed by atoms with Crippen molar-refractivity contribution in [1.29, 1.82) is 0 Å². The Labute approximate surface area is 145 Å². The molecule has 0 spiro atoms. The number of carbonyl (C=O) groups is 2. The van der Waals surface area contributed by atoms with Crippen molar-refractivity contribution in [1.82, 2.24) is 4.90 Å². The van der Waals surface area contributed by atoms with Gasteiger partial charge in [-0.1, -0.05) is 44.5 Å². The number of ketones is 1. The lowest BCUT2D eigenvalue weighted by atomic mass is 9.90. The van der Waals surface area contributed by atoms with Crippen molar-refractivity contribution >= 4 is 11.7 Å². The predicted octanol–water partition coefficient (Wildman–Crippen LogP) is 3.19. The van der Waals surface area contributed by atoms with Crippen LogP contribution in [0, 0.1) is 5.41 Å². The number of benzene rings is 1. The van der Waals surface area contributed by atoms with Crippen LogP contribution >= 0.6 is 0 Å². The predicted molar refractivity (Wildman–Crippen MR) is 97.0 cm³/mol. The largest absolute Gasteiger partial charge is 0.342 e. The van der Waals surface area contributed by atoms with E-state index in [4.69, 9.17) is 5.73 Å². The number of likely N-dealkylation sites (tertiary alicyclic amines) is 1. The number of aryl methyl sites for hydroxylation is 1. The van der Waals surface area contributed by atoms with Crippen LogP contribution in [0.15, 0.2) is 24.3 Å². The van der Waals surface area contributed by atoms with Gasteiger partial charge in [-0.25, -0.2) is 0 Å². The zero-order valence-electron chi connectivity index (χ0n) is 15.0. The van der Waals surface area contributed by atoms with E-state index >= 15 is 0 Å². The zero-order valence-corrected chi connectivity index (χ0v) is 15.0. The topological polar surface area (TPSA) is 63.4 Å². The molecule has 24 heavy (non-hydrogen) atoms. The Balaban J connectivity index is 1.81. The summed E-state index contributed by atoms with van der Waals surface area (Å²) in [5, 5.41) is 0. The van der Waals surface area contributed by atoms with Crippen molar-refractivity contribution in [3.8, 4) is 0 Å². The SMILES string of the molecule is CCCCc1ccc(C(=O)CCC(=O)N2CCC(C)(CN)C2)cc1. The molecule has 2 rings (SSSR count). The lowest BCUT2D eigenvalue weighted by Gasteiger charge is -2.22. The van der Waals surface area contributed by atoms with Gasteiger partial charge in [-0.05, 0) is 36.8 Å². The first-order valence-corrected chi connectivity index (χ1v) is 9.07. The number of carbonyl (C=O) groups excluding carboxylic acids is 2. The van der Waals surface area contributed by atoms with E-state index in [0.717, 1.165) is 19.4 Å². The molecular weight excluding hydrogens is 300 g/mol. The third-order valence-corrected chi connectivity index (χ3v) is 5.06. The Morgan fingerprint density at radius 3 is 2.50 bits per heavy atom. The van der Waals surface area contributed by atoms with Crippen molar-refractivity contribution in [3.63, 3.8) is 0 Å². The summed E-state index contributed by atoms with van der Waals surface area (Å²) in [5.74, 6) is 0.117. The maximum atomic E-state index is 12.3. The minimum absolute atomic E-state index is 0.0357. The fraction of sp³-hybridized carbons (Fsp3) is 0.600. The third kappa shape index (κ3) is 4.91. The highest BCUT2D eigenvalue weighted by Crippen LogP contribution is 2.29. The van der Waals surface area contributed by atoms with E-state index in [1.807, 2.05) is 29.2 Å². The fourth-order valence-electron chi connectivity index (χ4n) is 3.16. The highest BCUT2D eigenvalue weighted by molar-refractivity contribution is 5.98. The molecule has 1 heterocycles. The highest BCUT2D eigenvalue weighted by Gasteiger charge is 2.34. The van der Waals surface area contributed by atoms with Crippen molar-refractivity contribution < 1.29 is 9.59 Å². The van der Waals surface area contributed by atoms with E-state index in [2.05, 4.69) is 13.8 Å². The summed E-state index contributed by atoms with van der Waals surface area (Å²) in [4.78, 5) is 26.4. The van der Waals surface area contributed by atoms with E-state index in [9.17, 15) is 9.59 Å². The van der Waals surface area contributed by atoms with Gasteiger partial charge < -0.3 is 10.6 Å². The van der Waals surface area contributed by atoms with Gasteiger partial charge in [-0.3, -0.25) is 9.59 Å². The second-order valence-electron chi connectivity index (χ2n) is 7.30. The van der Waals surface area contributed by atoms with Crippen LogP contribution in [0.4, 0.5) is 0 Å². The molecule has 0 radical (unpaired) electrons. The number of amides is 1. The molecule has 1 saturated heterocycles. The minimum atomic E-state index is 0.0357. The van der Waals surface area contributed by atoms with E-state index < -0.39 is 0 Å². The first-order valence-electron chi connectivity index (χ1n) is 9.07. The molecule has 1 fully saturated rings. The van der Waals surface area contributed by atoms with Crippen LogP contribution in [0.1, 0.15) is 61.9 Å². The van der Waals surface area contributed by atoms with Gasteiger partial charge in [0.05, 0.1) is 0 Å². The Bertz CT molecular complexity index is 568. The molecule has 0 bridgehead atoms. The number of Topliss-reactive ketones (excluding diaryl/α,β-unsaturated/α-hetero) is 1. The Morgan fingerprint density at radius 1 is 1.21 bits per heavy atom. The number of rotatable bonds is 8. The quantitative estimate of drug-likeness (QED) is 0.745. The van der Waals surface area contributed by atoms with Crippen molar-refractivity contribution in [2.45, 2.75) is 52.4 Å². The maximum absolute atomic E-state index is 12.3. The van der Waals surface area contributed by atoms with Crippen LogP contribution in [-0.4, -0.2) is 36.2 Å². The summed E-state index contributed by atoms with van der Waals surface area (Å²) in [7, 11) is 0. The molecule has 1 unspecified atom stereocenters. The van der Waals surface area contributed by atoms with E-state index in [0.29, 0.717) is 18.7 Å². The normalized spacial score (nSPS) is 20.4. The smallest absolute Gasteiger partial charge is 0.223 e. The summed E-state index contributed by atoms with van der Waals surface area (Å²) in [6.07, 6.45) is 4.91. The van der Waals surface area contributed by atoms with Crippen LogP contribution in [0.25, 0.3) is 0 Å². The molecule has 132 valence electrons. The van der Waals surface area contributed by atoms with Gasteiger partial charge in [0.25, 0.3) is 0 Å². The molecule has 1 amide bonds. The number of nitrogens with two attached hydrogens (primary N) is 1. The highest BCUT2D eigenvalue weighted by atomic mass is 16.2. The van der Waals surface area contributed by atoms with Crippen molar-refractivity contribution in [2.24, 2.45) is 11.1 Å². The maximum Gasteiger partial charge on any atom is 0.223 e. The molecule has 1 atom stereocenters. The van der Waals surface area contributed by atoms with Crippen LogP contribution in [0.5, 0.6) is 0 Å². The second kappa shape index (κ2) is 8.43.